The Morgan fingerprint density at radius 2 is 1.33 bits per heavy atom. The van der Waals surface area contributed by atoms with Gasteiger partial charge in [0.25, 0.3) is 0 Å². The Balaban J connectivity index is 2.02. The second kappa shape index (κ2) is 7.80. The first kappa shape index (κ1) is 19.5. The van der Waals surface area contributed by atoms with E-state index in [4.69, 9.17) is 12.2 Å². The van der Waals surface area contributed by atoms with Crippen molar-refractivity contribution in [3.63, 3.8) is 0 Å². The molecule has 0 aliphatic heterocycles. The zero-order chi connectivity index (χ0) is 19.5. The number of hydrogen-bond acceptors (Lipinski definition) is 2. The van der Waals surface area contributed by atoms with Crippen LogP contribution in [0, 0.1) is 0 Å². The molecular formula is C23H24NOPS. The first-order valence-corrected chi connectivity index (χ1v) is 11.1. The highest BCUT2D eigenvalue weighted by Crippen LogP contribution is 2.45. The molecule has 0 spiro atoms. The molecular weight excluding hydrogens is 369 g/mol. The van der Waals surface area contributed by atoms with Crippen molar-refractivity contribution in [1.29, 1.82) is 0 Å². The first-order chi connectivity index (χ1) is 12.8. The van der Waals surface area contributed by atoms with Gasteiger partial charge in [-0.25, -0.2) is 0 Å². The molecule has 4 heteroatoms. The van der Waals surface area contributed by atoms with Crippen LogP contribution < -0.4 is 15.9 Å². The normalized spacial score (nSPS) is 11.8. The van der Waals surface area contributed by atoms with Crippen molar-refractivity contribution in [3.05, 3.63) is 90.5 Å². The summed E-state index contributed by atoms with van der Waals surface area (Å²) in [7, 11) is -3.12. The highest BCUT2D eigenvalue weighted by Gasteiger charge is 2.32. The van der Waals surface area contributed by atoms with E-state index in [1.165, 1.54) is 5.56 Å². The molecule has 0 fully saturated rings. The van der Waals surface area contributed by atoms with Gasteiger partial charge in [-0.2, -0.15) is 0 Å². The van der Waals surface area contributed by atoms with Gasteiger partial charge in [-0.3, -0.25) is 0 Å². The number of nitrogens with one attached hydrogen (secondary N) is 1. The average Bonchev–Trinajstić information content (AvgIpc) is 2.68. The van der Waals surface area contributed by atoms with Crippen molar-refractivity contribution in [2.45, 2.75) is 26.2 Å². The lowest BCUT2D eigenvalue weighted by atomic mass is 9.87. The van der Waals surface area contributed by atoms with Gasteiger partial charge in [0.05, 0.1) is 0 Å². The van der Waals surface area contributed by atoms with Crippen LogP contribution in [0.1, 0.15) is 26.3 Å². The summed E-state index contributed by atoms with van der Waals surface area (Å²) in [4.78, 5) is 0. The number of thiocarbonyl (C=S) groups is 1. The van der Waals surface area contributed by atoms with Crippen LogP contribution in [-0.2, 0) is 9.98 Å². The van der Waals surface area contributed by atoms with Crippen molar-refractivity contribution in [2.75, 3.05) is 5.32 Å². The molecule has 0 amide bonds. The summed E-state index contributed by atoms with van der Waals surface area (Å²) in [6, 6.07) is 27.1. The summed E-state index contributed by atoms with van der Waals surface area (Å²) in [6.45, 7) is 6.51. The van der Waals surface area contributed by atoms with Gasteiger partial charge in [0.15, 0.2) is 7.14 Å². The van der Waals surface area contributed by atoms with E-state index in [0.717, 1.165) is 16.3 Å². The monoisotopic (exact) mass is 393 g/mol. The molecule has 3 aromatic carbocycles. The summed E-state index contributed by atoms with van der Waals surface area (Å²) in [6.07, 6.45) is 0. The maximum Gasteiger partial charge on any atom is 0.197 e. The molecule has 3 rings (SSSR count). The maximum atomic E-state index is 14.2. The van der Waals surface area contributed by atoms with Crippen LogP contribution in [0.2, 0.25) is 0 Å². The molecule has 0 bridgehead atoms. The minimum atomic E-state index is -3.12. The van der Waals surface area contributed by atoms with Gasteiger partial charge in [-0.05, 0) is 23.1 Å². The largest absolute Gasteiger partial charge is 0.343 e. The predicted molar refractivity (Wildman–Crippen MR) is 121 cm³/mol. The van der Waals surface area contributed by atoms with E-state index in [2.05, 4.69) is 38.2 Å². The van der Waals surface area contributed by atoms with Crippen molar-refractivity contribution < 1.29 is 4.57 Å². The summed E-state index contributed by atoms with van der Waals surface area (Å²) < 4.78 is 14.6. The van der Waals surface area contributed by atoms with Crippen LogP contribution in [-0.4, -0.2) is 4.73 Å². The third-order valence-corrected chi connectivity index (χ3v) is 8.11. The molecule has 0 aliphatic rings. The van der Waals surface area contributed by atoms with Crippen LogP contribution in [0.4, 0.5) is 5.69 Å². The van der Waals surface area contributed by atoms with Gasteiger partial charge in [-0.1, -0.05) is 106 Å². The molecule has 2 nitrogen and oxygen atoms in total. The molecule has 0 saturated heterocycles. The van der Waals surface area contributed by atoms with E-state index in [9.17, 15) is 4.57 Å². The molecule has 0 atom stereocenters. The van der Waals surface area contributed by atoms with Gasteiger partial charge < -0.3 is 9.88 Å². The fourth-order valence-electron chi connectivity index (χ4n) is 2.93. The van der Waals surface area contributed by atoms with Crippen LogP contribution >= 0.6 is 19.4 Å². The minimum Gasteiger partial charge on any atom is -0.343 e. The Morgan fingerprint density at radius 1 is 0.815 bits per heavy atom. The van der Waals surface area contributed by atoms with E-state index in [1.54, 1.807) is 0 Å². The summed E-state index contributed by atoms with van der Waals surface area (Å²) in [5.41, 5.74) is 2.09. The zero-order valence-corrected chi connectivity index (χ0v) is 17.6. The summed E-state index contributed by atoms with van der Waals surface area (Å²) in [5, 5.41) is 4.73. The van der Waals surface area contributed by atoms with Crippen molar-refractivity contribution >= 4 is 40.4 Å². The molecule has 3 aromatic rings. The fourth-order valence-corrected chi connectivity index (χ4v) is 5.91. The van der Waals surface area contributed by atoms with Crippen molar-refractivity contribution in [2.24, 2.45) is 0 Å². The van der Waals surface area contributed by atoms with Crippen molar-refractivity contribution in [3.8, 4) is 0 Å². The maximum absolute atomic E-state index is 14.2. The lowest BCUT2D eigenvalue weighted by Gasteiger charge is -2.23. The highest BCUT2D eigenvalue weighted by molar-refractivity contribution is 8.08. The quantitative estimate of drug-likeness (QED) is 0.456. The third kappa shape index (κ3) is 4.21. The molecule has 1 N–H and O–H groups in total. The third-order valence-electron chi connectivity index (χ3n) is 4.51. The smallest absolute Gasteiger partial charge is 0.197 e. The number of anilines is 1. The second-order valence-electron chi connectivity index (χ2n) is 7.54. The Labute approximate surface area is 167 Å². The van der Waals surface area contributed by atoms with E-state index in [0.29, 0.717) is 4.73 Å². The van der Waals surface area contributed by atoms with Gasteiger partial charge in [0.2, 0.25) is 0 Å². The molecule has 27 heavy (non-hydrogen) atoms. The van der Waals surface area contributed by atoms with Gasteiger partial charge in [-0.15, -0.1) is 0 Å². The SMILES string of the molecule is CC(C)(C)c1cccc(NC(=S)P(=O)(c2ccccc2)c2ccccc2)c1. The van der Waals surface area contributed by atoms with Crippen LogP contribution in [0.3, 0.4) is 0 Å². The fraction of sp³-hybridized carbons (Fsp3) is 0.174. The molecule has 0 radical (unpaired) electrons. The van der Waals surface area contributed by atoms with E-state index in [-0.39, 0.29) is 5.41 Å². The van der Waals surface area contributed by atoms with Gasteiger partial charge >= 0.3 is 0 Å². The Kier molecular flexibility index (Phi) is 5.64. The van der Waals surface area contributed by atoms with Crippen LogP contribution in [0.25, 0.3) is 0 Å². The number of benzene rings is 3. The van der Waals surface area contributed by atoms with Gasteiger partial charge in [0.1, 0.15) is 4.73 Å². The Bertz CT molecular complexity index is 935. The minimum absolute atomic E-state index is 0.0296. The Hall–Kier alpha value is -2.22. The molecule has 0 heterocycles. The first-order valence-electron chi connectivity index (χ1n) is 8.95. The van der Waals surface area contributed by atoms with E-state index >= 15 is 0 Å². The Morgan fingerprint density at radius 3 is 1.81 bits per heavy atom. The lowest BCUT2D eigenvalue weighted by Crippen LogP contribution is -2.26. The van der Waals surface area contributed by atoms with E-state index < -0.39 is 7.14 Å². The summed E-state index contributed by atoms with van der Waals surface area (Å²) in [5.74, 6) is 0. The standard InChI is InChI=1S/C23H24NOPS/c1-23(2,3)18-11-10-12-19(17-18)24-22(27)26(25,20-13-6-4-7-14-20)21-15-8-5-9-16-21/h4-17H,1-3H3,(H,24,27). The molecule has 0 saturated carbocycles. The highest BCUT2D eigenvalue weighted by atomic mass is 32.1. The molecule has 0 unspecified atom stereocenters. The number of rotatable bonds is 4. The predicted octanol–water partition coefficient (Wildman–Crippen LogP) is 5.70. The van der Waals surface area contributed by atoms with Gasteiger partial charge in [0, 0.05) is 16.3 Å². The molecule has 138 valence electrons. The average molecular weight is 393 g/mol. The molecule has 0 aliphatic carbocycles. The van der Waals surface area contributed by atoms with E-state index in [1.807, 2.05) is 72.8 Å². The van der Waals surface area contributed by atoms with Crippen molar-refractivity contribution in [1.82, 2.24) is 0 Å². The number of hydrogen-bond donors (Lipinski definition) is 1. The second-order valence-corrected chi connectivity index (χ2v) is 11.0. The van der Waals surface area contributed by atoms with Crippen LogP contribution in [0.5, 0.6) is 0 Å². The topological polar surface area (TPSA) is 29.1 Å². The molecule has 0 aromatic heterocycles. The zero-order valence-electron chi connectivity index (χ0n) is 15.8. The lowest BCUT2D eigenvalue weighted by molar-refractivity contribution is 0.590. The summed E-state index contributed by atoms with van der Waals surface area (Å²) >= 11 is 5.70. The van der Waals surface area contributed by atoms with Crippen LogP contribution in [0.15, 0.2) is 84.9 Å².